The maximum Gasteiger partial charge on any atom is 0.273 e. The summed E-state index contributed by atoms with van der Waals surface area (Å²) in [4.78, 5) is 32.6. The summed E-state index contributed by atoms with van der Waals surface area (Å²) in [6.07, 6.45) is 1.19. The molecule has 2 heterocycles. The molecule has 0 radical (unpaired) electrons. The fraction of sp³-hybridized carbons (Fsp3) is 0.278. The van der Waals surface area contributed by atoms with Crippen LogP contribution in [0.15, 0.2) is 24.3 Å². The van der Waals surface area contributed by atoms with Crippen molar-refractivity contribution in [3.05, 3.63) is 46.3 Å². The predicted octanol–water partition coefficient (Wildman–Crippen LogP) is 4.17. The van der Waals surface area contributed by atoms with Gasteiger partial charge in [-0.1, -0.05) is 31.3 Å². The van der Waals surface area contributed by atoms with Gasteiger partial charge in [-0.25, -0.2) is 9.37 Å². The maximum atomic E-state index is 13.8. The van der Waals surface area contributed by atoms with Gasteiger partial charge in [0.2, 0.25) is 0 Å². The topological polar surface area (TPSA) is 74.8 Å². The largest absolute Gasteiger partial charge is 0.350 e. The molecule has 2 N–H and O–H groups in total. The highest BCUT2D eigenvalue weighted by Gasteiger charge is 2.34. The molecule has 1 aliphatic carbocycles. The Kier molecular flexibility index (Phi) is 3.50. The Morgan fingerprint density at radius 3 is 2.92 bits per heavy atom. The van der Waals surface area contributed by atoms with Crippen LogP contribution in [0.3, 0.4) is 0 Å². The van der Waals surface area contributed by atoms with Crippen LogP contribution in [0.2, 0.25) is 0 Å². The van der Waals surface area contributed by atoms with Crippen LogP contribution in [-0.4, -0.2) is 21.7 Å². The molecule has 7 heteroatoms. The number of H-pyrrole nitrogens is 1. The Balaban J connectivity index is 1.61. The van der Waals surface area contributed by atoms with E-state index in [0.717, 1.165) is 5.69 Å². The lowest BCUT2D eigenvalue weighted by Crippen LogP contribution is -2.26. The second kappa shape index (κ2) is 5.49. The summed E-state index contributed by atoms with van der Waals surface area (Å²) in [7, 11) is 0. The van der Waals surface area contributed by atoms with Crippen LogP contribution in [0.25, 0.3) is 10.9 Å². The number of ketones is 1. The number of rotatable bonds is 2. The fourth-order valence-electron chi connectivity index (χ4n) is 3.18. The summed E-state index contributed by atoms with van der Waals surface area (Å²) in [6, 6.07) is 6.11. The fourth-order valence-corrected chi connectivity index (χ4v) is 4.09. The summed E-state index contributed by atoms with van der Waals surface area (Å²) in [5, 5.41) is 3.46. The molecule has 1 aromatic carbocycles. The molecule has 3 aromatic rings. The minimum atomic E-state index is -0.409. The number of nitrogens with one attached hydrogen (secondary N) is 2. The predicted molar refractivity (Wildman–Crippen MR) is 94.8 cm³/mol. The van der Waals surface area contributed by atoms with Crippen LogP contribution < -0.4 is 5.32 Å². The molecule has 0 unspecified atom stereocenters. The number of Topliss-reactive ketones (excluding diaryl/α,β-unsaturated/α-hetero) is 1. The average Bonchev–Trinajstić information content (AvgIpc) is 3.10. The molecule has 1 aliphatic rings. The number of halogens is 1. The second-order valence-electron chi connectivity index (χ2n) is 7.07. The number of hydrogen-bond donors (Lipinski definition) is 2. The number of carbonyl (C=O) groups is 2. The SMILES string of the molecule is CC1(C)CC(=O)c2sc(NC(=O)c3cc4c(F)cccc4[nH]3)nc2C1. The third-order valence-corrected chi connectivity index (χ3v) is 5.37. The van der Waals surface area contributed by atoms with E-state index in [9.17, 15) is 14.0 Å². The Labute approximate surface area is 147 Å². The van der Waals surface area contributed by atoms with Crippen LogP contribution in [0.5, 0.6) is 0 Å². The number of amides is 1. The van der Waals surface area contributed by atoms with Crippen molar-refractivity contribution >= 4 is 39.1 Å². The van der Waals surface area contributed by atoms with E-state index in [1.54, 1.807) is 12.1 Å². The molecular formula is C18H16FN3O2S. The molecule has 5 nitrogen and oxygen atoms in total. The third kappa shape index (κ3) is 2.84. The van der Waals surface area contributed by atoms with E-state index >= 15 is 0 Å². The minimum Gasteiger partial charge on any atom is -0.350 e. The van der Waals surface area contributed by atoms with Gasteiger partial charge in [-0.15, -0.1) is 0 Å². The van der Waals surface area contributed by atoms with Crippen LogP contribution in [0.1, 0.15) is 46.1 Å². The van der Waals surface area contributed by atoms with Gasteiger partial charge in [-0.2, -0.15) is 0 Å². The number of carbonyl (C=O) groups excluding carboxylic acids is 2. The van der Waals surface area contributed by atoms with E-state index in [2.05, 4.69) is 15.3 Å². The van der Waals surface area contributed by atoms with Gasteiger partial charge < -0.3 is 4.98 Å². The van der Waals surface area contributed by atoms with E-state index in [1.165, 1.54) is 23.5 Å². The summed E-state index contributed by atoms with van der Waals surface area (Å²) in [6.45, 7) is 4.06. The van der Waals surface area contributed by atoms with Gasteiger partial charge in [0.25, 0.3) is 5.91 Å². The smallest absolute Gasteiger partial charge is 0.273 e. The van der Waals surface area contributed by atoms with E-state index in [-0.39, 0.29) is 22.7 Å². The van der Waals surface area contributed by atoms with Crippen molar-refractivity contribution in [3.8, 4) is 0 Å². The first kappa shape index (κ1) is 16.0. The number of aromatic amines is 1. The van der Waals surface area contributed by atoms with Crippen LogP contribution in [0, 0.1) is 11.2 Å². The quantitative estimate of drug-likeness (QED) is 0.723. The molecule has 0 bridgehead atoms. The lowest BCUT2D eigenvalue weighted by Gasteiger charge is -2.26. The Morgan fingerprint density at radius 1 is 1.36 bits per heavy atom. The van der Waals surface area contributed by atoms with E-state index in [0.29, 0.717) is 33.8 Å². The number of anilines is 1. The molecule has 0 saturated carbocycles. The maximum absolute atomic E-state index is 13.8. The standard InChI is InChI=1S/C18H16FN3O2S/c1-18(2)7-13-15(14(23)8-18)25-17(21-13)22-16(24)12-6-9-10(19)4-3-5-11(9)20-12/h3-6,20H,7-8H2,1-2H3,(H,21,22,24). The molecule has 0 saturated heterocycles. The summed E-state index contributed by atoms with van der Waals surface area (Å²) in [5.41, 5.74) is 1.43. The molecule has 25 heavy (non-hydrogen) atoms. The molecule has 0 fully saturated rings. The number of thiazole rings is 1. The third-order valence-electron chi connectivity index (χ3n) is 4.31. The molecule has 128 valence electrons. The van der Waals surface area contributed by atoms with Gasteiger partial charge in [0.05, 0.1) is 10.6 Å². The van der Waals surface area contributed by atoms with Gasteiger partial charge in [0, 0.05) is 17.3 Å². The number of nitrogens with zero attached hydrogens (tertiary/aromatic N) is 1. The van der Waals surface area contributed by atoms with E-state index in [1.807, 2.05) is 13.8 Å². The lowest BCUT2D eigenvalue weighted by molar-refractivity contribution is 0.0915. The first-order valence-electron chi connectivity index (χ1n) is 7.94. The van der Waals surface area contributed by atoms with E-state index < -0.39 is 5.91 Å². The highest BCUT2D eigenvalue weighted by molar-refractivity contribution is 7.17. The second-order valence-corrected chi connectivity index (χ2v) is 8.07. The van der Waals surface area contributed by atoms with Crippen molar-refractivity contribution in [2.24, 2.45) is 5.41 Å². The zero-order chi connectivity index (χ0) is 17.8. The van der Waals surface area contributed by atoms with Crippen molar-refractivity contribution in [3.63, 3.8) is 0 Å². The molecular weight excluding hydrogens is 341 g/mol. The zero-order valence-electron chi connectivity index (χ0n) is 13.8. The highest BCUT2D eigenvalue weighted by Crippen LogP contribution is 2.38. The normalized spacial score (nSPS) is 16.0. The van der Waals surface area contributed by atoms with Gasteiger partial charge in [-0.3, -0.25) is 14.9 Å². The highest BCUT2D eigenvalue weighted by atomic mass is 32.1. The van der Waals surface area contributed by atoms with Gasteiger partial charge in [0.15, 0.2) is 10.9 Å². The van der Waals surface area contributed by atoms with Crippen molar-refractivity contribution in [1.29, 1.82) is 0 Å². The Morgan fingerprint density at radius 2 is 2.16 bits per heavy atom. The van der Waals surface area contributed by atoms with Gasteiger partial charge in [-0.05, 0) is 30.0 Å². The summed E-state index contributed by atoms with van der Waals surface area (Å²) < 4.78 is 13.8. The molecule has 2 aromatic heterocycles. The molecule has 4 rings (SSSR count). The number of benzene rings is 1. The number of hydrogen-bond acceptors (Lipinski definition) is 4. The zero-order valence-corrected chi connectivity index (χ0v) is 14.6. The van der Waals surface area contributed by atoms with Crippen molar-refractivity contribution in [2.45, 2.75) is 26.7 Å². The molecule has 0 atom stereocenters. The van der Waals surface area contributed by atoms with Crippen LogP contribution >= 0.6 is 11.3 Å². The average molecular weight is 357 g/mol. The number of fused-ring (bicyclic) bond motifs is 2. The first-order valence-corrected chi connectivity index (χ1v) is 8.75. The Hall–Kier alpha value is -2.54. The monoisotopic (exact) mass is 357 g/mol. The number of aromatic nitrogens is 2. The van der Waals surface area contributed by atoms with Crippen LogP contribution in [-0.2, 0) is 6.42 Å². The van der Waals surface area contributed by atoms with Gasteiger partial charge in [0.1, 0.15) is 11.5 Å². The van der Waals surface area contributed by atoms with Crippen molar-refractivity contribution in [2.75, 3.05) is 5.32 Å². The van der Waals surface area contributed by atoms with Crippen molar-refractivity contribution in [1.82, 2.24) is 9.97 Å². The molecule has 0 aliphatic heterocycles. The minimum absolute atomic E-state index is 0.0666. The summed E-state index contributed by atoms with van der Waals surface area (Å²) in [5.74, 6) is -0.726. The molecule has 1 amide bonds. The lowest BCUT2D eigenvalue weighted by atomic mass is 9.78. The summed E-state index contributed by atoms with van der Waals surface area (Å²) >= 11 is 1.20. The first-order chi connectivity index (χ1) is 11.8. The van der Waals surface area contributed by atoms with E-state index in [4.69, 9.17) is 0 Å². The van der Waals surface area contributed by atoms with Crippen LogP contribution in [0.4, 0.5) is 9.52 Å². The Bertz CT molecular complexity index is 1020. The van der Waals surface area contributed by atoms with Gasteiger partial charge >= 0.3 is 0 Å². The van der Waals surface area contributed by atoms with Crippen molar-refractivity contribution < 1.29 is 14.0 Å². The molecule has 0 spiro atoms.